The zero-order valence-electron chi connectivity index (χ0n) is 15.3. The van der Waals surface area contributed by atoms with Gasteiger partial charge in [0.25, 0.3) is 0 Å². The van der Waals surface area contributed by atoms with Gasteiger partial charge in [-0.05, 0) is 47.0 Å². The number of benzene rings is 3. The van der Waals surface area contributed by atoms with Crippen LogP contribution in [-0.4, -0.2) is 22.9 Å². The zero-order chi connectivity index (χ0) is 20.5. The SMILES string of the molecule is Cc1cc(OCC(=O)O)ccc1Cl.N=C(N)SCc1cccc2ccccc12. The molecule has 0 aliphatic carbocycles. The van der Waals surface area contributed by atoms with Crippen molar-refractivity contribution in [2.75, 3.05) is 6.61 Å². The lowest BCUT2D eigenvalue weighted by atomic mass is 10.1. The van der Waals surface area contributed by atoms with Crippen LogP contribution in [0.25, 0.3) is 10.8 Å². The molecule has 0 unspecified atom stereocenters. The summed E-state index contributed by atoms with van der Waals surface area (Å²) in [6.07, 6.45) is 0. The highest BCUT2D eigenvalue weighted by Crippen LogP contribution is 2.22. The lowest BCUT2D eigenvalue weighted by Gasteiger charge is -2.05. The van der Waals surface area contributed by atoms with Gasteiger partial charge in [-0.25, -0.2) is 4.79 Å². The van der Waals surface area contributed by atoms with E-state index in [2.05, 4.69) is 24.3 Å². The molecule has 0 aliphatic heterocycles. The van der Waals surface area contributed by atoms with E-state index in [-0.39, 0.29) is 11.8 Å². The van der Waals surface area contributed by atoms with Crippen molar-refractivity contribution in [3.05, 3.63) is 76.8 Å². The molecule has 7 heteroatoms. The topological polar surface area (TPSA) is 96.4 Å². The molecule has 3 rings (SSSR count). The minimum absolute atomic E-state index is 0.169. The maximum atomic E-state index is 10.2. The largest absolute Gasteiger partial charge is 0.482 e. The number of carboxylic acid groups (broad SMARTS) is 1. The van der Waals surface area contributed by atoms with Crippen LogP contribution in [0.2, 0.25) is 5.02 Å². The third kappa shape index (κ3) is 6.79. The number of nitrogens with two attached hydrogens (primary N) is 1. The molecule has 3 aromatic rings. The molecule has 0 saturated carbocycles. The summed E-state index contributed by atoms with van der Waals surface area (Å²) in [6.45, 7) is 1.50. The van der Waals surface area contributed by atoms with Gasteiger partial charge in [-0.1, -0.05) is 65.8 Å². The van der Waals surface area contributed by atoms with Crippen LogP contribution < -0.4 is 10.5 Å². The minimum Gasteiger partial charge on any atom is -0.482 e. The Morgan fingerprint density at radius 1 is 1.18 bits per heavy atom. The highest BCUT2D eigenvalue weighted by Gasteiger charge is 2.02. The zero-order valence-corrected chi connectivity index (χ0v) is 16.9. The molecule has 0 spiro atoms. The second-order valence-corrected chi connectivity index (χ2v) is 7.31. The van der Waals surface area contributed by atoms with Gasteiger partial charge in [-0.15, -0.1) is 0 Å². The third-order valence-electron chi connectivity index (χ3n) is 3.75. The molecule has 5 nitrogen and oxygen atoms in total. The second kappa shape index (κ2) is 10.6. The fourth-order valence-electron chi connectivity index (χ4n) is 2.43. The van der Waals surface area contributed by atoms with Crippen LogP contribution >= 0.6 is 23.4 Å². The van der Waals surface area contributed by atoms with Crippen molar-refractivity contribution < 1.29 is 14.6 Å². The van der Waals surface area contributed by atoms with Crippen LogP contribution in [0.5, 0.6) is 5.75 Å². The molecule has 4 N–H and O–H groups in total. The van der Waals surface area contributed by atoms with Gasteiger partial charge in [-0.2, -0.15) is 0 Å². The van der Waals surface area contributed by atoms with E-state index >= 15 is 0 Å². The summed E-state index contributed by atoms with van der Waals surface area (Å²) < 4.78 is 4.95. The van der Waals surface area contributed by atoms with E-state index in [1.165, 1.54) is 28.1 Å². The lowest BCUT2D eigenvalue weighted by Crippen LogP contribution is -2.09. The van der Waals surface area contributed by atoms with Gasteiger partial charge in [0.1, 0.15) is 5.75 Å². The van der Waals surface area contributed by atoms with E-state index in [4.69, 9.17) is 32.6 Å². The number of hydrogen-bond acceptors (Lipinski definition) is 4. The number of carbonyl (C=O) groups is 1. The van der Waals surface area contributed by atoms with E-state index in [0.717, 1.165) is 11.3 Å². The van der Waals surface area contributed by atoms with E-state index < -0.39 is 5.97 Å². The Morgan fingerprint density at radius 3 is 2.57 bits per heavy atom. The normalized spacial score (nSPS) is 10.1. The van der Waals surface area contributed by atoms with Gasteiger partial charge in [-0.3, -0.25) is 5.41 Å². The first-order chi connectivity index (χ1) is 13.4. The van der Waals surface area contributed by atoms with Gasteiger partial charge < -0.3 is 15.6 Å². The van der Waals surface area contributed by atoms with E-state index in [0.29, 0.717) is 10.8 Å². The molecule has 0 bridgehead atoms. The van der Waals surface area contributed by atoms with E-state index in [9.17, 15) is 4.79 Å². The Labute approximate surface area is 173 Å². The number of carboxylic acids is 1. The molecule has 146 valence electrons. The molecule has 0 fully saturated rings. The predicted octanol–water partition coefficient (Wildman–Crippen LogP) is 5.08. The van der Waals surface area contributed by atoms with Crippen LogP contribution in [-0.2, 0) is 10.5 Å². The van der Waals surface area contributed by atoms with Crippen LogP contribution in [0.15, 0.2) is 60.7 Å². The minimum atomic E-state index is -0.993. The molecular weight excluding hydrogens is 396 g/mol. The van der Waals surface area contributed by atoms with Crippen molar-refractivity contribution in [3.8, 4) is 5.75 Å². The number of halogens is 1. The van der Waals surface area contributed by atoms with Gasteiger partial charge in [0, 0.05) is 10.8 Å². The highest BCUT2D eigenvalue weighted by atomic mass is 35.5. The highest BCUT2D eigenvalue weighted by molar-refractivity contribution is 8.13. The Kier molecular flexibility index (Phi) is 8.17. The number of hydrogen-bond donors (Lipinski definition) is 3. The lowest BCUT2D eigenvalue weighted by molar-refractivity contribution is -0.139. The molecule has 0 heterocycles. The van der Waals surface area contributed by atoms with Crippen LogP contribution in [0.4, 0.5) is 0 Å². The smallest absolute Gasteiger partial charge is 0.341 e. The Balaban J connectivity index is 0.000000203. The molecule has 3 aromatic carbocycles. The molecular formula is C21H21ClN2O3S. The quantitative estimate of drug-likeness (QED) is 0.398. The molecule has 28 heavy (non-hydrogen) atoms. The number of nitrogens with one attached hydrogen (secondary N) is 1. The maximum absolute atomic E-state index is 10.2. The second-order valence-electron chi connectivity index (χ2n) is 5.88. The summed E-state index contributed by atoms with van der Waals surface area (Å²) in [7, 11) is 0. The summed E-state index contributed by atoms with van der Waals surface area (Å²) >= 11 is 7.13. The first kappa shape index (κ1) is 21.6. The molecule has 0 saturated heterocycles. The first-order valence-electron chi connectivity index (χ1n) is 8.41. The maximum Gasteiger partial charge on any atom is 0.341 e. The number of aryl methyl sites for hydroxylation is 1. The summed E-state index contributed by atoms with van der Waals surface area (Å²) in [4.78, 5) is 10.2. The van der Waals surface area contributed by atoms with Gasteiger partial charge in [0.2, 0.25) is 0 Å². The predicted molar refractivity (Wildman–Crippen MR) is 116 cm³/mol. The van der Waals surface area contributed by atoms with Crippen molar-refractivity contribution in [2.45, 2.75) is 12.7 Å². The molecule has 0 aromatic heterocycles. The molecule has 0 radical (unpaired) electrons. The Morgan fingerprint density at radius 2 is 1.89 bits per heavy atom. The Hall–Kier alpha value is -2.70. The fourth-order valence-corrected chi connectivity index (χ4v) is 3.11. The van der Waals surface area contributed by atoms with Crippen LogP contribution in [0, 0.1) is 12.3 Å². The van der Waals surface area contributed by atoms with Crippen molar-refractivity contribution in [3.63, 3.8) is 0 Å². The first-order valence-corrected chi connectivity index (χ1v) is 9.77. The van der Waals surface area contributed by atoms with Gasteiger partial charge in [0.05, 0.1) is 0 Å². The summed E-state index contributed by atoms with van der Waals surface area (Å²) in [5.74, 6) is 0.286. The number of ether oxygens (including phenoxy) is 1. The van der Waals surface area contributed by atoms with E-state index in [1.807, 2.05) is 25.1 Å². The number of aliphatic carboxylic acids is 1. The molecule has 0 aliphatic rings. The number of fused-ring (bicyclic) bond motifs is 1. The number of thioether (sulfide) groups is 1. The van der Waals surface area contributed by atoms with Crippen molar-refractivity contribution in [2.24, 2.45) is 5.73 Å². The standard InChI is InChI=1S/C12H12N2S.C9H9ClO3/c13-12(14)15-8-10-6-3-5-9-4-1-2-7-11(9)10;1-6-4-7(2-3-8(6)10)13-5-9(11)12/h1-7H,8H2,(H3,13,14);2-4H,5H2,1H3,(H,11,12). The van der Waals surface area contributed by atoms with Crippen LogP contribution in [0.1, 0.15) is 11.1 Å². The van der Waals surface area contributed by atoms with E-state index in [1.54, 1.807) is 18.2 Å². The Bertz CT molecular complexity index is 974. The summed E-state index contributed by atoms with van der Waals surface area (Å²) in [5.41, 5.74) is 7.43. The summed E-state index contributed by atoms with van der Waals surface area (Å²) in [5, 5.41) is 18.8. The van der Waals surface area contributed by atoms with Crippen molar-refractivity contribution in [1.29, 1.82) is 5.41 Å². The number of amidine groups is 1. The van der Waals surface area contributed by atoms with Crippen molar-refractivity contribution >= 4 is 45.3 Å². The monoisotopic (exact) mass is 416 g/mol. The third-order valence-corrected chi connectivity index (χ3v) is 4.95. The average molecular weight is 417 g/mol. The average Bonchev–Trinajstić information content (AvgIpc) is 2.67. The van der Waals surface area contributed by atoms with Gasteiger partial charge in [0.15, 0.2) is 11.8 Å². The van der Waals surface area contributed by atoms with Crippen molar-refractivity contribution in [1.82, 2.24) is 0 Å². The van der Waals surface area contributed by atoms with Gasteiger partial charge >= 0.3 is 5.97 Å². The fraction of sp³-hybridized carbons (Fsp3) is 0.143. The summed E-state index contributed by atoms with van der Waals surface area (Å²) in [6, 6.07) is 19.5. The van der Waals surface area contributed by atoms with Crippen LogP contribution in [0.3, 0.4) is 0 Å². The molecule has 0 amide bonds. The molecule has 0 atom stereocenters. The number of rotatable bonds is 5.